The summed E-state index contributed by atoms with van der Waals surface area (Å²) in [5, 5.41) is 8.03. The predicted molar refractivity (Wildman–Crippen MR) is 308 cm³/mol. The highest BCUT2D eigenvalue weighted by atomic mass is 35.5. The van der Waals surface area contributed by atoms with E-state index in [9.17, 15) is 9.59 Å². The average Bonchev–Trinajstić information content (AvgIpc) is 3.45. The second-order valence-corrected chi connectivity index (χ2v) is 25.6. The molecular formula is C65H64Cl2O6P2. The van der Waals surface area contributed by atoms with Crippen LogP contribution in [0.3, 0.4) is 0 Å². The number of ketones is 2. The molecule has 0 aliphatic rings. The van der Waals surface area contributed by atoms with E-state index < -0.39 is 19.9 Å². The van der Waals surface area contributed by atoms with Crippen molar-refractivity contribution in [3.63, 3.8) is 0 Å². The molecule has 8 aromatic carbocycles. The molecule has 6 nitrogen and oxygen atoms in total. The van der Waals surface area contributed by atoms with Crippen LogP contribution in [0, 0.1) is 5.41 Å². The summed E-state index contributed by atoms with van der Waals surface area (Å²) in [6.07, 6.45) is 9.84. The summed E-state index contributed by atoms with van der Waals surface area (Å²) < 4.78 is 24.3. The highest BCUT2D eigenvalue weighted by molar-refractivity contribution is 7.96. The lowest BCUT2D eigenvalue weighted by Crippen LogP contribution is -3.00. The van der Waals surface area contributed by atoms with Crippen LogP contribution in [0.4, 0.5) is 0 Å². The van der Waals surface area contributed by atoms with Gasteiger partial charge in [0.05, 0.1) is 45.2 Å². The van der Waals surface area contributed by atoms with Gasteiger partial charge in [-0.05, 0) is 134 Å². The van der Waals surface area contributed by atoms with Crippen LogP contribution in [0.5, 0.6) is 23.0 Å². The highest BCUT2D eigenvalue weighted by Gasteiger charge is 2.46. The minimum absolute atomic E-state index is 0. The number of hydrogen-bond donors (Lipinski definition) is 0. The number of allylic oxidation sites excluding steroid dienone is 2. The van der Waals surface area contributed by atoms with Gasteiger partial charge in [0.1, 0.15) is 46.4 Å². The zero-order valence-corrected chi connectivity index (χ0v) is 46.2. The van der Waals surface area contributed by atoms with Gasteiger partial charge in [0.25, 0.3) is 0 Å². The Hall–Kier alpha value is -6.78. The molecule has 0 saturated carbocycles. The van der Waals surface area contributed by atoms with Gasteiger partial charge in [0.2, 0.25) is 0 Å². The number of ether oxygens (including phenoxy) is 4. The molecule has 0 spiro atoms. The van der Waals surface area contributed by atoms with Gasteiger partial charge in [-0.2, -0.15) is 0 Å². The SMILES string of the molecule is COc1cc(/C=C/C(=O)C(C)(C)C(=O)/C=C/c2ccc(OCCC[P+](c3ccccc3)(c3ccccc3)c3ccccc3)c(OC)c2)ccc1OCCC[P+](c1ccccc1)(c1ccccc1)c1ccccc1.[Cl-].[Cl-]. The zero-order valence-electron chi connectivity index (χ0n) is 42.9. The number of carbonyl (C=O) groups excluding carboxylic acids is 2. The Morgan fingerprint density at radius 2 is 0.667 bits per heavy atom. The lowest BCUT2D eigenvalue weighted by Gasteiger charge is -2.27. The molecule has 0 aromatic heterocycles. The summed E-state index contributed by atoms with van der Waals surface area (Å²) >= 11 is 0. The third-order valence-corrected chi connectivity index (χ3v) is 22.5. The first-order valence-corrected chi connectivity index (χ1v) is 28.8. The summed E-state index contributed by atoms with van der Waals surface area (Å²) in [6, 6.07) is 76.3. The standard InChI is InChI=1S/C65H64O6P2.2ClH/c1-65(2,63(66)43-39-51-37-41-59(61(49-51)68-3)70-45-23-47-72(53-25-11-5-12-26-53,54-27-13-6-14-28-54)55-29-15-7-16-30-55)64(67)44-40-52-38-42-60(62(50-52)69-4)71-46-24-48-73(56-31-17-8-18-32-56,57-33-19-9-20-34-57)58-35-21-10-22-36-58;;/h5-22,25-44,49-50H,23-24,45-48H2,1-4H3;2*1H/q+2;;/p-2/b43-39+,44-40+;;. The summed E-state index contributed by atoms with van der Waals surface area (Å²) in [5.41, 5.74) is 0.191. The molecule has 0 bridgehead atoms. The molecule has 0 unspecified atom stereocenters. The van der Waals surface area contributed by atoms with Gasteiger partial charge >= 0.3 is 0 Å². The minimum atomic E-state index is -1.99. The van der Waals surface area contributed by atoms with Crippen molar-refractivity contribution in [1.82, 2.24) is 0 Å². The fourth-order valence-electron chi connectivity index (χ4n) is 9.43. The maximum atomic E-state index is 13.6. The van der Waals surface area contributed by atoms with Crippen molar-refractivity contribution in [3.05, 3.63) is 242 Å². The van der Waals surface area contributed by atoms with E-state index in [2.05, 4.69) is 182 Å². The van der Waals surface area contributed by atoms with Crippen LogP contribution in [0.2, 0.25) is 0 Å². The van der Waals surface area contributed by atoms with Crippen molar-refractivity contribution in [2.45, 2.75) is 26.7 Å². The monoisotopic (exact) mass is 1070 g/mol. The van der Waals surface area contributed by atoms with Gasteiger partial charge < -0.3 is 43.8 Å². The molecule has 0 aliphatic carbocycles. The van der Waals surface area contributed by atoms with Crippen molar-refractivity contribution >= 4 is 70.1 Å². The molecule has 0 N–H and O–H groups in total. The van der Waals surface area contributed by atoms with Crippen LogP contribution < -0.4 is 75.6 Å². The molecule has 0 saturated heterocycles. The first-order valence-electron chi connectivity index (χ1n) is 24.9. The topological polar surface area (TPSA) is 71.1 Å². The molecule has 0 amide bonds. The number of benzene rings is 8. The van der Waals surface area contributed by atoms with E-state index in [1.54, 1.807) is 40.2 Å². The number of halogens is 2. The fourth-order valence-corrected chi connectivity index (χ4v) is 18.1. The Balaban J connectivity index is 0.00000457. The van der Waals surface area contributed by atoms with Crippen LogP contribution >= 0.6 is 14.5 Å². The van der Waals surface area contributed by atoms with E-state index in [-0.39, 0.29) is 36.4 Å². The number of methoxy groups -OCH3 is 2. The van der Waals surface area contributed by atoms with Crippen LogP contribution in [0.15, 0.2) is 231 Å². The second-order valence-electron chi connectivity index (χ2n) is 18.3. The van der Waals surface area contributed by atoms with Gasteiger partial charge in [0, 0.05) is 12.8 Å². The van der Waals surface area contributed by atoms with E-state index in [0.717, 1.165) is 36.3 Å². The molecule has 0 fully saturated rings. The number of rotatable bonds is 24. The maximum absolute atomic E-state index is 13.6. The van der Waals surface area contributed by atoms with Crippen molar-refractivity contribution in [3.8, 4) is 23.0 Å². The average molecular weight is 1070 g/mol. The van der Waals surface area contributed by atoms with Gasteiger partial charge in [-0.1, -0.05) is 133 Å². The first kappa shape index (κ1) is 57.5. The maximum Gasteiger partial charge on any atom is 0.169 e. The largest absolute Gasteiger partial charge is 1.00 e. The summed E-state index contributed by atoms with van der Waals surface area (Å²) in [6.45, 7) is 4.29. The lowest BCUT2D eigenvalue weighted by atomic mass is 9.82. The van der Waals surface area contributed by atoms with Crippen molar-refractivity contribution in [2.24, 2.45) is 5.41 Å². The Kier molecular flexibility index (Phi) is 21.2. The van der Waals surface area contributed by atoms with Crippen molar-refractivity contribution < 1.29 is 53.4 Å². The van der Waals surface area contributed by atoms with Gasteiger partial charge in [-0.3, -0.25) is 9.59 Å². The number of carbonyl (C=O) groups is 2. The van der Waals surface area contributed by atoms with Crippen LogP contribution in [-0.2, 0) is 9.59 Å². The number of hydrogen-bond acceptors (Lipinski definition) is 6. The molecular weight excluding hydrogens is 1010 g/mol. The smallest absolute Gasteiger partial charge is 0.169 e. The lowest BCUT2D eigenvalue weighted by molar-refractivity contribution is -0.132. The van der Waals surface area contributed by atoms with E-state index in [4.69, 9.17) is 18.9 Å². The predicted octanol–water partition coefficient (Wildman–Crippen LogP) is 6.13. The molecule has 8 rings (SSSR count). The second kappa shape index (κ2) is 27.7. The van der Waals surface area contributed by atoms with Crippen LogP contribution in [0.1, 0.15) is 37.8 Å². The Bertz CT molecular complexity index is 2700. The van der Waals surface area contributed by atoms with Crippen molar-refractivity contribution in [1.29, 1.82) is 0 Å². The molecule has 75 heavy (non-hydrogen) atoms. The van der Waals surface area contributed by atoms with Gasteiger partial charge in [-0.15, -0.1) is 0 Å². The van der Waals surface area contributed by atoms with E-state index in [1.807, 2.05) is 36.4 Å². The zero-order chi connectivity index (χ0) is 50.9. The Labute approximate surface area is 457 Å². The molecule has 0 radical (unpaired) electrons. The molecule has 0 heterocycles. The summed E-state index contributed by atoms with van der Waals surface area (Å²) in [4.78, 5) is 27.2. The molecule has 10 heteroatoms. The third kappa shape index (κ3) is 13.6. The van der Waals surface area contributed by atoms with E-state index >= 15 is 0 Å². The quantitative estimate of drug-likeness (QED) is 0.0315. The molecule has 384 valence electrons. The molecule has 0 aliphatic heterocycles. The third-order valence-electron chi connectivity index (χ3n) is 13.4. The first-order chi connectivity index (χ1) is 35.7. The fraction of sp³-hybridized carbons (Fsp3) is 0.169. The summed E-state index contributed by atoms with van der Waals surface area (Å²) in [5.74, 6) is 1.74. The van der Waals surface area contributed by atoms with Crippen LogP contribution in [0.25, 0.3) is 12.2 Å². The van der Waals surface area contributed by atoms with E-state index in [1.165, 1.54) is 44.0 Å². The van der Waals surface area contributed by atoms with Crippen LogP contribution in [-0.4, -0.2) is 51.3 Å². The Morgan fingerprint density at radius 1 is 0.400 bits per heavy atom. The Morgan fingerprint density at radius 3 is 0.920 bits per heavy atom. The van der Waals surface area contributed by atoms with Crippen molar-refractivity contribution in [2.75, 3.05) is 39.8 Å². The minimum Gasteiger partial charge on any atom is -1.00 e. The van der Waals surface area contributed by atoms with Gasteiger partial charge in [0.15, 0.2) is 34.6 Å². The molecule has 8 aromatic rings. The molecule has 0 atom stereocenters. The van der Waals surface area contributed by atoms with E-state index in [0.29, 0.717) is 36.2 Å². The normalized spacial score (nSPS) is 11.6. The highest BCUT2D eigenvalue weighted by Crippen LogP contribution is 2.57. The summed E-state index contributed by atoms with van der Waals surface area (Å²) in [7, 11) is -0.752. The van der Waals surface area contributed by atoms with Gasteiger partial charge in [-0.25, -0.2) is 0 Å².